The maximum absolute atomic E-state index is 14.4. The lowest BCUT2D eigenvalue weighted by atomic mass is 9.72. The summed E-state index contributed by atoms with van der Waals surface area (Å²) in [5.41, 5.74) is 0.0476. The van der Waals surface area contributed by atoms with E-state index < -0.39 is 59.2 Å². The van der Waals surface area contributed by atoms with Crippen LogP contribution in [-0.4, -0.2) is 48.2 Å². The molecular weight excluding hydrogens is 561 g/mol. The largest absolute Gasteiger partial charge is 0.496 e. The Balaban J connectivity index is 1.86. The number of aliphatic carboxylic acids is 1. The van der Waals surface area contributed by atoms with E-state index in [9.17, 15) is 27.9 Å². The molecule has 1 fully saturated rings. The van der Waals surface area contributed by atoms with Crippen molar-refractivity contribution in [1.29, 1.82) is 0 Å². The second-order valence-corrected chi connectivity index (χ2v) is 11.7. The second kappa shape index (κ2) is 12.8. The van der Waals surface area contributed by atoms with E-state index in [2.05, 4.69) is 5.32 Å². The fourth-order valence-electron chi connectivity index (χ4n) is 6.19. The number of amides is 1. The highest BCUT2D eigenvalue weighted by molar-refractivity contribution is 5.89. The Morgan fingerprint density at radius 2 is 1.56 bits per heavy atom. The molecule has 2 N–H and O–H groups in total. The maximum Gasteiger partial charge on any atom is 0.416 e. The first-order valence-electron chi connectivity index (χ1n) is 13.9. The normalized spacial score (nSPS) is 21.4. The molecule has 0 aromatic heterocycles. The predicted octanol–water partition coefficient (Wildman–Crippen LogP) is 6.26. The highest BCUT2D eigenvalue weighted by Gasteiger charge is 2.58. The number of carboxylic acids is 1. The van der Waals surface area contributed by atoms with Crippen molar-refractivity contribution in [2.45, 2.75) is 57.7 Å². The minimum Gasteiger partial charge on any atom is -0.496 e. The summed E-state index contributed by atoms with van der Waals surface area (Å²) in [6, 6.07) is 18.4. The van der Waals surface area contributed by atoms with Gasteiger partial charge in [-0.15, -0.1) is 0 Å². The van der Waals surface area contributed by atoms with Gasteiger partial charge in [0.25, 0.3) is 5.91 Å². The summed E-state index contributed by atoms with van der Waals surface area (Å²) in [6.07, 6.45) is -5.63. The molecule has 230 valence electrons. The van der Waals surface area contributed by atoms with Gasteiger partial charge in [-0.05, 0) is 34.7 Å². The molecule has 3 aromatic carbocycles. The van der Waals surface area contributed by atoms with Gasteiger partial charge in [0, 0.05) is 31.2 Å². The van der Waals surface area contributed by atoms with Crippen LogP contribution in [0.5, 0.6) is 5.75 Å². The van der Waals surface area contributed by atoms with Crippen molar-refractivity contribution < 1.29 is 37.3 Å². The van der Waals surface area contributed by atoms with Crippen LogP contribution < -0.4 is 10.1 Å². The molecule has 0 spiro atoms. The van der Waals surface area contributed by atoms with E-state index >= 15 is 0 Å². The van der Waals surface area contributed by atoms with Crippen LogP contribution in [0.4, 0.5) is 13.2 Å². The van der Waals surface area contributed by atoms with Gasteiger partial charge in [-0.1, -0.05) is 81.4 Å². The van der Waals surface area contributed by atoms with Crippen molar-refractivity contribution in [2.24, 2.45) is 11.3 Å². The fraction of sp³-hybridized carbons (Fsp3) is 0.394. The number of nitrogens with zero attached hydrogens (tertiary/aromatic N) is 1. The zero-order valence-corrected chi connectivity index (χ0v) is 24.8. The lowest BCUT2D eigenvalue weighted by molar-refractivity contribution is -0.157. The van der Waals surface area contributed by atoms with E-state index in [0.29, 0.717) is 11.1 Å². The van der Waals surface area contributed by atoms with Crippen molar-refractivity contribution in [3.05, 3.63) is 101 Å². The molecule has 1 aliphatic heterocycles. The van der Waals surface area contributed by atoms with Gasteiger partial charge in [0.1, 0.15) is 11.8 Å². The third kappa shape index (κ3) is 6.70. The number of methoxy groups -OCH3 is 2. The number of carbonyl (C=O) groups excluding carboxylic acids is 1. The summed E-state index contributed by atoms with van der Waals surface area (Å²) in [4.78, 5) is 28.8. The molecule has 0 aliphatic carbocycles. The van der Waals surface area contributed by atoms with Gasteiger partial charge < -0.3 is 24.8 Å². The number of ether oxygens (including phenoxy) is 2. The number of carboxylic acid groups (broad SMARTS) is 1. The van der Waals surface area contributed by atoms with Gasteiger partial charge in [0.15, 0.2) is 6.10 Å². The number of carbonyl (C=O) groups is 2. The van der Waals surface area contributed by atoms with Crippen LogP contribution in [0.2, 0.25) is 0 Å². The van der Waals surface area contributed by atoms with Crippen molar-refractivity contribution in [3.8, 4) is 5.75 Å². The van der Waals surface area contributed by atoms with Gasteiger partial charge in [-0.3, -0.25) is 4.79 Å². The van der Waals surface area contributed by atoms with Gasteiger partial charge >= 0.3 is 12.1 Å². The molecule has 7 nitrogen and oxygen atoms in total. The number of rotatable bonds is 9. The smallest absolute Gasteiger partial charge is 0.416 e. The van der Waals surface area contributed by atoms with Crippen LogP contribution in [0.25, 0.3) is 0 Å². The molecule has 0 unspecified atom stereocenters. The molecule has 1 aliphatic rings. The second-order valence-electron chi connectivity index (χ2n) is 11.7. The zero-order chi connectivity index (χ0) is 31.5. The predicted molar refractivity (Wildman–Crippen MR) is 155 cm³/mol. The molecule has 1 heterocycles. The van der Waals surface area contributed by atoms with Crippen LogP contribution in [0, 0.1) is 11.3 Å². The molecule has 3 aromatic rings. The Hall–Kier alpha value is -3.89. The average Bonchev–Trinajstić information content (AvgIpc) is 3.33. The molecule has 0 bridgehead atoms. The molecule has 4 rings (SSSR count). The third-order valence-corrected chi connectivity index (χ3v) is 8.01. The van der Waals surface area contributed by atoms with Crippen LogP contribution in [0.1, 0.15) is 55.2 Å². The SMILES string of the molecule is COc1ccc(C(F)(F)F)cc1CN[C@@H]1[C@@H](C(C)(C)C)[C@H](C(=O)O)N(C(=O)[C@@H](OC)c2ccccc2)[C@@H]1c1ccccc1. The standard InChI is InChI=1S/C33H37F3N2O5/c1-32(2,3)25-26(37-19-22-18-23(33(34,35)36)16-17-24(22)42-4)27(20-12-8-6-9-13-20)38(28(25)31(40)41)30(39)29(43-5)21-14-10-7-11-15-21/h6-18,25-29,37H,19H2,1-5H3,(H,40,41)/t25-,26-,27-,28-,29+/m1/s1. The Morgan fingerprint density at radius 3 is 2.07 bits per heavy atom. The van der Waals surface area contributed by atoms with E-state index in [1.807, 2.05) is 39.0 Å². The van der Waals surface area contributed by atoms with Gasteiger partial charge in [-0.25, -0.2) is 4.79 Å². The van der Waals surface area contributed by atoms with E-state index in [1.165, 1.54) is 25.2 Å². The number of hydrogen-bond donors (Lipinski definition) is 2. The Bertz CT molecular complexity index is 1410. The zero-order valence-electron chi connectivity index (χ0n) is 24.8. The van der Waals surface area contributed by atoms with E-state index in [0.717, 1.165) is 12.1 Å². The first kappa shape index (κ1) is 32.0. The number of likely N-dealkylation sites (tertiary alicyclic amines) is 1. The summed E-state index contributed by atoms with van der Waals surface area (Å²) >= 11 is 0. The van der Waals surface area contributed by atoms with Gasteiger partial charge in [0.2, 0.25) is 0 Å². The van der Waals surface area contributed by atoms with Crippen molar-refractivity contribution in [1.82, 2.24) is 10.2 Å². The summed E-state index contributed by atoms with van der Waals surface area (Å²) in [5, 5.41) is 14.0. The average molecular weight is 599 g/mol. The highest BCUT2D eigenvalue weighted by Crippen LogP contribution is 2.49. The minimum absolute atomic E-state index is 0.0611. The van der Waals surface area contributed by atoms with Gasteiger partial charge in [0.05, 0.1) is 18.7 Å². The number of alkyl halides is 3. The molecule has 0 saturated carbocycles. The minimum atomic E-state index is -4.56. The van der Waals surface area contributed by atoms with Crippen LogP contribution in [-0.2, 0) is 27.0 Å². The first-order valence-corrected chi connectivity index (χ1v) is 13.9. The van der Waals surface area contributed by atoms with E-state index in [-0.39, 0.29) is 17.9 Å². The van der Waals surface area contributed by atoms with Crippen molar-refractivity contribution >= 4 is 11.9 Å². The van der Waals surface area contributed by atoms with Crippen LogP contribution in [0.15, 0.2) is 78.9 Å². The number of nitrogens with one attached hydrogen (secondary N) is 1. The number of benzene rings is 3. The Labute approximate surface area is 249 Å². The summed E-state index contributed by atoms with van der Waals surface area (Å²) < 4.78 is 51.8. The van der Waals surface area contributed by atoms with Crippen molar-refractivity contribution in [2.75, 3.05) is 14.2 Å². The number of halogens is 3. The molecule has 1 saturated heterocycles. The molecule has 43 heavy (non-hydrogen) atoms. The fourth-order valence-corrected chi connectivity index (χ4v) is 6.19. The Morgan fingerprint density at radius 1 is 0.953 bits per heavy atom. The lowest BCUT2D eigenvalue weighted by Crippen LogP contribution is -2.49. The number of hydrogen-bond acceptors (Lipinski definition) is 5. The quantitative estimate of drug-likeness (QED) is 0.303. The monoisotopic (exact) mass is 598 g/mol. The van der Waals surface area contributed by atoms with Crippen LogP contribution >= 0.6 is 0 Å². The summed E-state index contributed by atoms with van der Waals surface area (Å²) in [6.45, 7) is 5.63. The topological polar surface area (TPSA) is 88.1 Å². The van der Waals surface area contributed by atoms with E-state index in [4.69, 9.17) is 9.47 Å². The Kier molecular flexibility index (Phi) is 9.51. The van der Waals surface area contributed by atoms with Gasteiger partial charge in [-0.2, -0.15) is 13.2 Å². The lowest BCUT2D eigenvalue weighted by Gasteiger charge is -2.35. The van der Waals surface area contributed by atoms with Crippen molar-refractivity contribution in [3.63, 3.8) is 0 Å². The molecule has 10 heteroatoms. The summed E-state index contributed by atoms with van der Waals surface area (Å²) in [5.74, 6) is -2.10. The molecule has 5 atom stereocenters. The highest BCUT2D eigenvalue weighted by atomic mass is 19.4. The van der Waals surface area contributed by atoms with E-state index in [1.54, 1.807) is 42.5 Å². The molecule has 1 amide bonds. The molecular formula is C33H37F3N2O5. The third-order valence-electron chi connectivity index (χ3n) is 8.01. The maximum atomic E-state index is 14.4. The molecule has 0 radical (unpaired) electrons. The first-order chi connectivity index (χ1) is 20.3. The summed E-state index contributed by atoms with van der Waals surface area (Å²) in [7, 11) is 2.78. The van der Waals surface area contributed by atoms with Crippen LogP contribution in [0.3, 0.4) is 0 Å².